The van der Waals surface area contributed by atoms with E-state index >= 15 is 0 Å². The van der Waals surface area contributed by atoms with Crippen LogP contribution in [0.1, 0.15) is 55.8 Å². The highest BCUT2D eigenvalue weighted by atomic mass is 35.5. The van der Waals surface area contributed by atoms with Gasteiger partial charge in [0.2, 0.25) is 0 Å². The summed E-state index contributed by atoms with van der Waals surface area (Å²) in [5.74, 6) is -0.149. The van der Waals surface area contributed by atoms with Gasteiger partial charge < -0.3 is 10.4 Å². The number of carbonyl (C=O) groups excluding carboxylic acids is 1. The van der Waals surface area contributed by atoms with Crippen LogP contribution in [0.2, 0.25) is 5.02 Å². The summed E-state index contributed by atoms with van der Waals surface area (Å²) in [4.78, 5) is 11.8. The molecule has 19 heavy (non-hydrogen) atoms. The highest BCUT2D eigenvalue weighted by Gasteiger charge is 2.07. The van der Waals surface area contributed by atoms with E-state index < -0.39 is 0 Å². The van der Waals surface area contributed by atoms with Gasteiger partial charge in [-0.3, -0.25) is 4.79 Å². The van der Waals surface area contributed by atoms with Crippen LogP contribution in [0, 0.1) is 0 Å². The summed E-state index contributed by atoms with van der Waals surface area (Å²) in [5.41, 5.74) is 0.480. The monoisotopic (exact) mass is 283 g/mol. The molecule has 106 valence electrons. The number of halogens is 1. The van der Waals surface area contributed by atoms with Gasteiger partial charge in [0.15, 0.2) is 0 Å². The summed E-state index contributed by atoms with van der Waals surface area (Å²) in [6, 6.07) is 4.48. The fourth-order valence-corrected chi connectivity index (χ4v) is 2.04. The maximum absolute atomic E-state index is 11.8. The minimum atomic E-state index is -0.143. The molecule has 1 aromatic rings. The number of benzene rings is 1. The second-order valence-electron chi connectivity index (χ2n) is 4.69. The summed E-state index contributed by atoms with van der Waals surface area (Å²) >= 11 is 5.76. The fraction of sp³-hybridized carbons (Fsp3) is 0.533. The first kappa shape index (κ1) is 15.8. The van der Waals surface area contributed by atoms with E-state index in [0.717, 1.165) is 12.8 Å². The van der Waals surface area contributed by atoms with Crippen molar-refractivity contribution >= 4 is 17.5 Å². The van der Waals surface area contributed by atoms with Crippen LogP contribution in [-0.4, -0.2) is 17.6 Å². The lowest BCUT2D eigenvalue weighted by Gasteiger charge is -2.06. The maximum Gasteiger partial charge on any atom is 0.251 e. The molecule has 0 saturated heterocycles. The lowest BCUT2D eigenvalue weighted by molar-refractivity contribution is 0.0953. The van der Waals surface area contributed by atoms with Crippen molar-refractivity contribution in [2.24, 2.45) is 0 Å². The van der Waals surface area contributed by atoms with Crippen LogP contribution in [0.4, 0.5) is 0 Å². The number of phenolic OH excluding ortho intramolecular Hbond substituents is 1. The van der Waals surface area contributed by atoms with Gasteiger partial charge in [0.1, 0.15) is 5.75 Å². The Kier molecular flexibility index (Phi) is 7.34. The van der Waals surface area contributed by atoms with Gasteiger partial charge in [-0.05, 0) is 24.6 Å². The van der Waals surface area contributed by atoms with Crippen LogP contribution in [0.25, 0.3) is 0 Å². The molecule has 3 nitrogen and oxygen atoms in total. The van der Waals surface area contributed by atoms with Gasteiger partial charge in [-0.25, -0.2) is 0 Å². The Hall–Kier alpha value is -1.22. The van der Waals surface area contributed by atoms with E-state index in [1.54, 1.807) is 6.07 Å². The summed E-state index contributed by atoms with van der Waals surface area (Å²) in [6.45, 7) is 2.88. The normalized spacial score (nSPS) is 10.4. The minimum Gasteiger partial charge on any atom is -0.506 e. The zero-order chi connectivity index (χ0) is 14.1. The zero-order valence-electron chi connectivity index (χ0n) is 11.4. The Morgan fingerprint density at radius 1 is 1.21 bits per heavy atom. The Morgan fingerprint density at radius 2 is 1.89 bits per heavy atom. The molecule has 0 aliphatic heterocycles. The Morgan fingerprint density at radius 3 is 2.58 bits per heavy atom. The molecule has 0 radical (unpaired) electrons. The van der Waals surface area contributed by atoms with E-state index in [1.165, 1.54) is 37.8 Å². The third-order valence-electron chi connectivity index (χ3n) is 3.03. The first-order valence-corrected chi connectivity index (χ1v) is 7.29. The van der Waals surface area contributed by atoms with Crippen molar-refractivity contribution in [3.8, 4) is 5.75 Å². The van der Waals surface area contributed by atoms with Crippen molar-refractivity contribution in [3.63, 3.8) is 0 Å². The van der Waals surface area contributed by atoms with Gasteiger partial charge in [-0.2, -0.15) is 0 Å². The topological polar surface area (TPSA) is 49.3 Å². The van der Waals surface area contributed by atoms with Crippen molar-refractivity contribution in [3.05, 3.63) is 28.8 Å². The molecule has 2 N–H and O–H groups in total. The SMILES string of the molecule is CCCCCCCCNC(=O)c1ccc(O)c(Cl)c1. The Labute approximate surface area is 120 Å². The molecule has 0 saturated carbocycles. The van der Waals surface area contributed by atoms with Crippen molar-refractivity contribution in [1.29, 1.82) is 0 Å². The predicted octanol–water partition coefficient (Wildman–Crippen LogP) is 4.14. The largest absolute Gasteiger partial charge is 0.506 e. The van der Waals surface area contributed by atoms with E-state index in [4.69, 9.17) is 11.6 Å². The number of hydrogen-bond donors (Lipinski definition) is 2. The predicted molar refractivity (Wildman–Crippen MR) is 78.8 cm³/mol. The average molecular weight is 284 g/mol. The summed E-state index contributed by atoms with van der Waals surface area (Å²) in [5, 5.41) is 12.3. The molecule has 0 fully saturated rings. The number of unbranched alkanes of at least 4 members (excludes halogenated alkanes) is 5. The second kappa shape index (κ2) is 8.81. The quantitative estimate of drug-likeness (QED) is 0.705. The minimum absolute atomic E-state index is 0.00543. The molecular formula is C15H22ClNO2. The number of phenols is 1. The molecule has 0 aromatic heterocycles. The Balaban J connectivity index is 2.22. The maximum atomic E-state index is 11.8. The molecule has 0 unspecified atom stereocenters. The van der Waals surface area contributed by atoms with Gasteiger partial charge in [0.05, 0.1) is 5.02 Å². The van der Waals surface area contributed by atoms with Crippen molar-refractivity contribution in [2.75, 3.05) is 6.54 Å². The summed E-state index contributed by atoms with van der Waals surface area (Å²) in [6.07, 6.45) is 7.20. The zero-order valence-corrected chi connectivity index (χ0v) is 12.2. The number of hydrogen-bond acceptors (Lipinski definition) is 2. The molecule has 1 aromatic carbocycles. The molecule has 0 aliphatic carbocycles. The van der Waals surface area contributed by atoms with Crippen molar-refractivity contribution < 1.29 is 9.90 Å². The van der Waals surface area contributed by atoms with Crippen LogP contribution < -0.4 is 5.32 Å². The first-order chi connectivity index (χ1) is 9.15. The summed E-state index contributed by atoms with van der Waals surface area (Å²) < 4.78 is 0. The molecule has 1 rings (SSSR count). The first-order valence-electron chi connectivity index (χ1n) is 6.92. The number of aromatic hydroxyl groups is 1. The highest BCUT2D eigenvalue weighted by Crippen LogP contribution is 2.23. The smallest absolute Gasteiger partial charge is 0.251 e. The lowest BCUT2D eigenvalue weighted by atomic mass is 10.1. The Bertz CT molecular complexity index is 407. The molecule has 0 aliphatic rings. The van der Waals surface area contributed by atoms with E-state index in [9.17, 15) is 9.90 Å². The molecule has 4 heteroatoms. The van der Waals surface area contributed by atoms with Crippen LogP contribution in [0.15, 0.2) is 18.2 Å². The number of nitrogens with one attached hydrogen (secondary N) is 1. The molecule has 1 amide bonds. The molecule has 0 atom stereocenters. The third kappa shape index (κ3) is 5.97. The highest BCUT2D eigenvalue weighted by molar-refractivity contribution is 6.32. The van der Waals surface area contributed by atoms with Gasteiger partial charge >= 0.3 is 0 Å². The lowest BCUT2D eigenvalue weighted by Crippen LogP contribution is -2.24. The number of carbonyl (C=O) groups is 1. The van der Waals surface area contributed by atoms with Gasteiger partial charge in [0, 0.05) is 12.1 Å². The van der Waals surface area contributed by atoms with E-state index in [0.29, 0.717) is 12.1 Å². The third-order valence-corrected chi connectivity index (χ3v) is 3.33. The summed E-state index contributed by atoms with van der Waals surface area (Å²) in [7, 11) is 0. The van der Waals surface area contributed by atoms with Crippen LogP contribution >= 0.6 is 11.6 Å². The van der Waals surface area contributed by atoms with Gasteiger partial charge in [-0.1, -0.05) is 50.6 Å². The molecular weight excluding hydrogens is 262 g/mol. The van der Waals surface area contributed by atoms with Gasteiger partial charge in [0.25, 0.3) is 5.91 Å². The molecule has 0 spiro atoms. The second-order valence-corrected chi connectivity index (χ2v) is 5.10. The van der Waals surface area contributed by atoms with Gasteiger partial charge in [-0.15, -0.1) is 0 Å². The molecule has 0 heterocycles. The number of rotatable bonds is 8. The number of amides is 1. The average Bonchev–Trinajstić information content (AvgIpc) is 2.40. The van der Waals surface area contributed by atoms with Crippen LogP contribution in [0.3, 0.4) is 0 Å². The van der Waals surface area contributed by atoms with Crippen molar-refractivity contribution in [1.82, 2.24) is 5.32 Å². The van der Waals surface area contributed by atoms with Crippen LogP contribution in [-0.2, 0) is 0 Å². The van der Waals surface area contributed by atoms with Crippen LogP contribution in [0.5, 0.6) is 5.75 Å². The standard InChI is InChI=1S/C15H22ClNO2/c1-2-3-4-5-6-7-10-17-15(19)12-8-9-14(18)13(16)11-12/h8-9,11,18H,2-7,10H2,1H3,(H,17,19). The van der Waals surface area contributed by atoms with E-state index in [1.807, 2.05) is 0 Å². The van der Waals surface area contributed by atoms with E-state index in [2.05, 4.69) is 12.2 Å². The van der Waals surface area contributed by atoms with E-state index in [-0.39, 0.29) is 16.7 Å². The van der Waals surface area contributed by atoms with Crippen molar-refractivity contribution in [2.45, 2.75) is 45.4 Å². The molecule has 0 bridgehead atoms. The fourth-order valence-electron chi connectivity index (χ4n) is 1.86.